The van der Waals surface area contributed by atoms with Crippen molar-refractivity contribution in [3.8, 4) is 5.75 Å². The number of nitrogens with zero attached hydrogens (tertiary/aromatic N) is 2. The lowest BCUT2D eigenvalue weighted by atomic mass is 10.3. The largest absolute Gasteiger partial charge is 0.494 e. The predicted molar refractivity (Wildman–Crippen MR) is 76.0 cm³/mol. The fourth-order valence-electron chi connectivity index (χ4n) is 1.93. The van der Waals surface area contributed by atoms with E-state index >= 15 is 0 Å². The normalized spacial score (nSPS) is 14.4. The zero-order chi connectivity index (χ0) is 14.5. The average molecular weight is 277 g/mol. The van der Waals surface area contributed by atoms with Crippen molar-refractivity contribution < 1.29 is 14.3 Å². The van der Waals surface area contributed by atoms with E-state index in [-0.39, 0.29) is 18.5 Å². The lowest BCUT2D eigenvalue weighted by molar-refractivity contribution is -0.125. The number of imide groups is 1. The van der Waals surface area contributed by atoms with Crippen LogP contribution in [0.25, 0.3) is 0 Å². The maximum atomic E-state index is 11.3. The molecule has 1 N–H and O–H groups in total. The van der Waals surface area contributed by atoms with E-state index in [4.69, 9.17) is 4.74 Å². The third-order valence-electron chi connectivity index (χ3n) is 3.08. The molecule has 0 aliphatic carbocycles. The number of carbonyl (C=O) groups excluding carboxylic acids is 2. The minimum absolute atomic E-state index is 0.103. The molecule has 0 aromatic heterocycles. The van der Waals surface area contributed by atoms with Gasteiger partial charge in [0.25, 0.3) is 0 Å². The Morgan fingerprint density at radius 1 is 1.25 bits per heavy atom. The molecule has 1 aromatic carbocycles. The maximum absolute atomic E-state index is 11.3. The van der Waals surface area contributed by atoms with Crippen molar-refractivity contribution in [3.63, 3.8) is 0 Å². The summed E-state index contributed by atoms with van der Waals surface area (Å²) in [6, 6.07) is 7.45. The minimum Gasteiger partial charge on any atom is -0.494 e. The first kappa shape index (κ1) is 14.2. The van der Waals surface area contributed by atoms with E-state index in [2.05, 4.69) is 5.32 Å². The number of hydrogen-bond acceptors (Lipinski definition) is 4. The lowest BCUT2D eigenvalue weighted by Crippen LogP contribution is -2.32. The van der Waals surface area contributed by atoms with Crippen LogP contribution >= 0.6 is 0 Å². The summed E-state index contributed by atoms with van der Waals surface area (Å²) in [5, 5.41) is 2.49. The van der Waals surface area contributed by atoms with Crippen LogP contribution in [0.5, 0.6) is 5.75 Å². The van der Waals surface area contributed by atoms with Crippen molar-refractivity contribution in [1.82, 2.24) is 10.2 Å². The molecule has 1 aromatic rings. The molecule has 3 amide bonds. The molecule has 6 nitrogen and oxygen atoms in total. The summed E-state index contributed by atoms with van der Waals surface area (Å²) in [5.74, 6) is 0.609. The molecule has 1 aliphatic rings. The van der Waals surface area contributed by atoms with Crippen LogP contribution in [0.15, 0.2) is 24.3 Å². The van der Waals surface area contributed by atoms with Gasteiger partial charge < -0.3 is 15.0 Å². The van der Waals surface area contributed by atoms with Crippen molar-refractivity contribution in [1.29, 1.82) is 0 Å². The van der Waals surface area contributed by atoms with Crippen LogP contribution in [0, 0.1) is 0 Å². The number of nitrogens with one attached hydrogen (secondary N) is 1. The van der Waals surface area contributed by atoms with E-state index in [0.717, 1.165) is 11.4 Å². The Balaban J connectivity index is 1.73. The van der Waals surface area contributed by atoms with Crippen molar-refractivity contribution in [2.75, 3.05) is 38.7 Å². The molecule has 0 atom stereocenters. The van der Waals surface area contributed by atoms with Gasteiger partial charge >= 0.3 is 6.03 Å². The van der Waals surface area contributed by atoms with E-state index in [9.17, 15) is 9.59 Å². The van der Waals surface area contributed by atoms with Crippen LogP contribution < -0.4 is 15.0 Å². The second kappa shape index (κ2) is 6.27. The molecule has 6 heteroatoms. The summed E-state index contributed by atoms with van der Waals surface area (Å²) in [5.41, 5.74) is 1.11. The van der Waals surface area contributed by atoms with Gasteiger partial charge in [-0.3, -0.25) is 9.69 Å². The Bertz CT molecular complexity index is 469. The summed E-state index contributed by atoms with van der Waals surface area (Å²) < 4.78 is 5.58. The summed E-state index contributed by atoms with van der Waals surface area (Å²) in [6.45, 7) is 0.963. The monoisotopic (exact) mass is 277 g/mol. The smallest absolute Gasteiger partial charge is 0.324 e. The van der Waals surface area contributed by atoms with Crippen molar-refractivity contribution in [2.24, 2.45) is 0 Å². The molecule has 1 heterocycles. The molecule has 1 aliphatic heterocycles. The summed E-state index contributed by atoms with van der Waals surface area (Å²) >= 11 is 0. The second-order valence-corrected chi connectivity index (χ2v) is 4.79. The highest BCUT2D eigenvalue weighted by atomic mass is 16.5. The molecular formula is C14H19N3O3. The Morgan fingerprint density at radius 2 is 1.95 bits per heavy atom. The van der Waals surface area contributed by atoms with E-state index in [1.807, 2.05) is 43.3 Å². The first-order valence-corrected chi connectivity index (χ1v) is 6.56. The van der Waals surface area contributed by atoms with E-state index in [0.29, 0.717) is 19.6 Å². The van der Waals surface area contributed by atoms with Gasteiger partial charge in [0.1, 0.15) is 5.75 Å². The molecule has 20 heavy (non-hydrogen) atoms. The third-order valence-corrected chi connectivity index (χ3v) is 3.08. The van der Waals surface area contributed by atoms with Gasteiger partial charge in [-0.15, -0.1) is 0 Å². The van der Waals surface area contributed by atoms with Crippen LogP contribution in [-0.2, 0) is 4.79 Å². The van der Waals surface area contributed by atoms with E-state index in [1.54, 1.807) is 0 Å². The number of amides is 3. The maximum Gasteiger partial charge on any atom is 0.324 e. The van der Waals surface area contributed by atoms with Crippen LogP contribution in [0.4, 0.5) is 10.5 Å². The van der Waals surface area contributed by atoms with E-state index < -0.39 is 0 Å². The molecule has 0 unspecified atom stereocenters. The minimum atomic E-state index is -0.315. The number of urea groups is 1. The Kier molecular flexibility index (Phi) is 4.45. The number of ether oxygens (including phenoxy) is 1. The Hall–Kier alpha value is -2.24. The number of anilines is 1. The SMILES string of the molecule is CN(C)c1ccc(OCCCN2C(=O)CNC2=O)cc1. The summed E-state index contributed by atoms with van der Waals surface area (Å²) in [7, 11) is 3.96. The average Bonchev–Trinajstić information content (AvgIpc) is 2.75. The topological polar surface area (TPSA) is 61.9 Å². The van der Waals surface area contributed by atoms with Crippen molar-refractivity contribution in [3.05, 3.63) is 24.3 Å². The second-order valence-electron chi connectivity index (χ2n) is 4.79. The summed E-state index contributed by atoms with van der Waals surface area (Å²) in [4.78, 5) is 25.9. The van der Waals surface area contributed by atoms with Gasteiger partial charge in [0, 0.05) is 26.3 Å². The fraction of sp³-hybridized carbons (Fsp3) is 0.429. The van der Waals surface area contributed by atoms with Gasteiger partial charge in [0.15, 0.2) is 0 Å². The molecule has 0 bridgehead atoms. The molecule has 0 saturated carbocycles. The number of rotatable bonds is 6. The zero-order valence-electron chi connectivity index (χ0n) is 11.8. The Morgan fingerprint density at radius 3 is 2.50 bits per heavy atom. The van der Waals surface area contributed by atoms with Crippen molar-refractivity contribution >= 4 is 17.6 Å². The molecular weight excluding hydrogens is 258 g/mol. The number of benzene rings is 1. The molecule has 0 spiro atoms. The van der Waals surface area contributed by atoms with Crippen LogP contribution in [0.1, 0.15) is 6.42 Å². The first-order chi connectivity index (χ1) is 9.58. The number of carbonyl (C=O) groups is 2. The molecule has 1 fully saturated rings. The van der Waals surface area contributed by atoms with Crippen LogP contribution in [0.2, 0.25) is 0 Å². The highest BCUT2D eigenvalue weighted by Gasteiger charge is 2.27. The van der Waals surface area contributed by atoms with Gasteiger partial charge in [-0.1, -0.05) is 0 Å². The summed E-state index contributed by atoms with van der Waals surface area (Å²) in [6.07, 6.45) is 0.620. The first-order valence-electron chi connectivity index (χ1n) is 6.56. The standard InChI is InChI=1S/C14H19N3O3/c1-16(2)11-4-6-12(7-5-11)20-9-3-8-17-13(18)10-15-14(17)19/h4-7H,3,8-10H2,1-2H3,(H,15,19). The molecule has 1 saturated heterocycles. The van der Waals surface area contributed by atoms with Crippen LogP contribution in [0.3, 0.4) is 0 Å². The molecule has 2 rings (SSSR count). The van der Waals surface area contributed by atoms with Gasteiger partial charge in [-0.2, -0.15) is 0 Å². The quantitative estimate of drug-likeness (QED) is 0.624. The van der Waals surface area contributed by atoms with Gasteiger partial charge in [-0.25, -0.2) is 4.79 Å². The molecule has 108 valence electrons. The highest BCUT2D eigenvalue weighted by Crippen LogP contribution is 2.17. The fourth-order valence-corrected chi connectivity index (χ4v) is 1.93. The number of hydrogen-bond donors (Lipinski definition) is 1. The molecule has 0 radical (unpaired) electrons. The van der Waals surface area contributed by atoms with Crippen molar-refractivity contribution in [2.45, 2.75) is 6.42 Å². The highest BCUT2D eigenvalue weighted by molar-refractivity contribution is 6.01. The van der Waals surface area contributed by atoms with Gasteiger partial charge in [0.2, 0.25) is 5.91 Å². The van der Waals surface area contributed by atoms with Gasteiger partial charge in [0.05, 0.1) is 13.2 Å². The van der Waals surface area contributed by atoms with E-state index in [1.165, 1.54) is 4.90 Å². The van der Waals surface area contributed by atoms with Crippen LogP contribution in [-0.4, -0.2) is 50.6 Å². The van der Waals surface area contributed by atoms with Gasteiger partial charge in [-0.05, 0) is 30.7 Å². The predicted octanol–water partition coefficient (Wildman–Crippen LogP) is 1.07. The third kappa shape index (κ3) is 3.40. The zero-order valence-corrected chi connectivity index (χ0v) is 11.8. The Labute approximate surface area is 118 Å². The lowest BCUT2D eigenvalue weighted by Gasteiger charge is -2.14.